The molecule has 3 atom stereocenters. The highest BCUT2D eigenvalue weighted by Crippen LogP contribution is 2.23. The summed E-state index contributed by atoms with van der Waals surface area (Å²) < 4.78 is 16.5. The molecular weight excluding hydrogens is 160 g/mol. The molecule has 0 heterocycles. The molecule has 1 aliphatic rings. The maximum Gasteiger partial charge on any atom is 0.0714 e. The number of methoxy groups -OCH3 is 1. The third-order valence-corrected chi connectivity index (χ3v) is 3.76. The van der Waals surface area contributed by atoms with Crippen molar-refractivity contribution in [3.63, 3.8) is 0 Å². The fourth-order valence-electron chi connectivity index (χ4n) is 1.71. The normalized spacial score (nSPS) is 35.1. The van der Waals surface area contributed by atoms with Crippen LogP contribution < -0.4 is 0 Å². The van der Waals surface area contributed by atoms with Crippen molar-refractivity contribution >= 4 is 10.8 Å². The monoisotopic (exact) mass is 176 g/mol. The highest BCUT2D eigenvalue weighted by molar-refractivity contribution is 7.84. The molecular formula is C8H16O2S. The second kappa shape index (κ2) is 4.21. The lowest BCUT2D eigenvalue weighted by molar-refractivity contribution is 0.0752. The van der Waals surface area contributed by atoms with E-state index < -0.39 is 10.8 Å². The van der Waals surface area contributed by atoms with Gasteiger partial charge < -0.3 is 4.74 Å². The van der Waals surface area contributed by atoms with E-state index in [2.05, 4.69) is 0 Å². The fraction of sp³-hybridized carbons (Fsp3) is 1.00. The van der Waals surface area contributed by atoms with Crippen LogP contribution in [0.3, 0.4) is 0 Å². The predicted molar refractivity (Wildman–Crippen MR) is 47.1 cm³/mol. The van der Waals surface area contributed by atoms with Gasteiger partial charge in [-0.25, -0.2) is 0 Å². The summed E-state index contributed by atoms with van der Waals surface area (Å²) in [5, 5.41) is 0.286. The van der Waals surface area contributed by atoms with Gasteiger partial charge in [0, 0.05) is 24.2 Å². The molecule has 0 aromatic carbocycles. The quantitative estimate of drug-likeness (QED) is 0.634. The Labute approximate surface area is 70.8 Å². The first kappa shape index (κ1) is 9.20. The van der Waals surface area contributed by atoms with Crippen LogP contribution in [-0.4, -0.2) is 28.9 Å². The van der Waals surface area contributed by atoms with Crippen molar-refractivity contribution in [2.24, 2.45) is 0 Å². The summed E-state index contributed by atoms with van der Waals surface area (Å²) in [6.07, 6.45) is 6.62. The van der Waals surface area contributed by atoms with Crippen LogP contribution in [0.2, 0.25) is 0 Å². The van der Waals surface area contributed by atoms with Crippen molar-refractivity contribution in [2.45, 2.75) is 37.0 Å². The van der Waals surface area contributed by atoms with E-state index in [0.717, 1.165) is 12.8 Å². The van der Waals surface area contributed by atoms with Crippen LogP contribution >= 0.6 is 0 Å². The summed E-state index contributed by atoms with van der Waals surface area (Å²) in [4.78, 5) is 0. The highest BCUT2D eigenvalue weighted by Gasteiger charge is 2.27. The van der Waals surface area contributed by atoms with E-state index in [1.165, 1.54) is 12.8 Å². The molecule has 0 aromatic rings. The smallest absolute Gasteiger partial charge is 0.0714 e. The number of rotatable bonds is 2. The van der Waals surface area contributed by atoms with Gasteiger partial charge in [-0.3, -0.25) is 4.21 Å². The Bertz CT molecular complexity index is 147. The molecule has 11 heavy (non-hydrogen) atoms. The van der Waals surface area contributed by atoms with E-state index in [1.807, 2.05) is 0 Å². The first-order valence-corrected chi connectivity index (χ1v) is 5.73. The van der Waals surface area contributed by atoms with Crippen molar-refractivity contribution in [3.8, 4) is 0 Å². The Kier molecular flexibility index (Phi) is 3.52. The van der Waals surface area contributed by atoms with Crippen LogP contribution in [0.1, 0.15) is 25.7 Å². The first-order chi connectivity index (χ1) is 5.25. The van der Waals surface area contributed by atoms with Crippen molar-refractivity contribution < 1.29 is 8.95 Å². The Morgan fingerprint density at radius 1 is 1.36 bits per heavy atom. The van der Waals surface area contributed by atoms with Crippen LogP contribution in [0.4, 0.5) is 0 Å². The topological polar surface area (TPSA) is 26.3 Å². The average molecular weight is 176 g/mol. The molecule has 0 aromatic heterocycles. The van der Waals surface area contributed by atoms with Gasteiger partial charge in [0.15, 0.2) is 0 Å². The number of hydrogen-bond acceptors (Lipinski definition) is 2. The largest absolute Gasteiger partial charge is 0.380 e. The third-order valence-electron chi connectivity index (χ3n) is 2.37. The molecule has 0 bridgehead atoms. The Morgan fingerprint density at radius 3 is 2.45 bits per heavy atom. The second-order valence-electron chi connectivity index (χ2n) is 3.10. The molecule has 1 aliphatic carbocycles. The molecule has 1 fully saturated rings. The summed E-state index contributed by atoms with van der Waals surface area (Å²) in [7, 11) is 1.01. The first-order valence-electron chi connectivity index (χ1n) is 4.10. The standard InChI is InChI=1S/C8H16O2S/c1-10-7-5-3-4-6-8(7)11(2)9/h7-8H,3-6H2,1-2H3/t7-,8-,11+/m0/s1. The van der Waals surface area contributed by atoms with Crippen LogP contribution in [-0.2, 0) is 15.5 Å². The summed E-state index contributed by atoms with van der Waals surface area (Å²) >= 11 is 0. The highest BCUT2D eigenvalue weighted by atomic mass is 32.2. The zero-order valence-electron chi connectivity index (χ0n) is 7.21. The van der Waals surface area contributed by atoms with E-state index in [9.17, 15) is 4.21 Å². The minimum atomic E-state index is -0.707. The van der Waals surface area contributed by atoms with Gasteiger partial charge in [-0.15, -0.1) is 0 Å². The molecule has 0 amide bonds. The van der Waals surface area contributed by atoms with E-state index in [4.69, 9.17) is 4.74 Å². The summed E-state index contributed by atoms with van der Waals surface area (Å²) in [5.41, 5.74) is 0. The van der Waals surface area contributed by atoms with Crippen LogP contribution in [0.25, 0.3) is 0 Å². The van der Waals surface area contributed by atoms with Crippen molar-refractivity contribution in [1.29, 1.82) is 0 Å². The third kappa shape index (κ3) is 2.27. The summed E-state index contributed by atoms with van der Waals surface area (Å²) in [5.74, 6) is 0. The number of hydrogen-bond donors (Lipinski definition) is 0. The molecule has 66 valence electrons. The Hall–Kier alpha value is 0.110. The molecule has 3 heteroatoms. The van der Waals surface area contributed by atoms with Crippen molar-refractivity contribution in [1.82, 2.24) is 0 Å². The molecule has 2 nitrogen and oxygen atoms in total. The molecule has 0 radical (unpaired) electrons. The van der Waals surface area contributed by atoms with Gasteiger partial charge in [0.05, 0.1) is 11.4 Å². The van der Waals surface area contributed by atoms with Gasteiger partial charge in [-0.1, -0.05) is 12.8 Å². The lowest BCUT2D eigenvalue weighted by Gasteiger charge is -2.28. The predicted octanol–water partition coefficient (Wildman–Crippen LogP) is 1.32. The fourth-order valence-corrected chi connectivity index (χ4v) is 2.89. The molecule has 0 saturated heterocycles. The van der Waals surface area contributed by atoms with Crippen LogP contribution in [0.15, 0.2) is 0 Å². The van der Waals surface area contributed by atoms with Crippen LogP contribution in [0.5, 0.6) is 0 Å². The lowest BCUT2D eigenvalue weighted by Crippen LogP contribution is -2.34. The van der Waals surface area contributed by atoms with Gasteiger partial charge in [-0.2, -0.15) is 0 Å². The number of ether oxygens (including phenoxy) is 1. The zero-order chi connectivity index (χ0) is 8.27. The Balaban J connectivity index is 2.51. The molecule has 1 rings (SSSR count). The molecule has 0 spiro atoms. The maximum absolute atomic E-state index is 11.2. The van der Waals surface area contributed by atoms with Gasteiger partial charge in [0.2, 0.25) is 0 Å². The zero-order valence-corrected chi connectivity index (χ0v) is 8.02. The van der Waals surface area contributed by atoms with E-state index in [1.54, 1.807) is 13.4 Å². The molecule has 0 N–H and O–H groups in total. The summed E-state index contributed by atoms with van der Waals surface area (Å²) in [6.45, 7) is 0. The van der Waals surface area contributed by atoms with Crippen molar-refractivity contribution in [2.75, 3.05) is 13.4 Å². The van der Waals surface area contributed by atoms with E-state index >= 15 is 0 Å². The average Bonchev–Trinajstić information content (AvgIpc) is 2.04. The molecule has 0 unspecified atom stereocenters. The summed E-state index contributed by atoms with van der Waals surface area (Å²) in [6, 6.07) is 0. The van der Waals surface area contributed by atoms with Gasteiger partial charge in [0.1, 0.15) is 0 Å². The van der Waals surface area contributed by atoms with E-state index in [0.29, 0.717) is 0 Å². The molecule has 1 saturated carbocycles. The second-order valence-corrected chi connectivity index (χ2v) is 4.70. The maximum atomic E-state index is 11.2. The van der Waals surface area contributed by atoms with Crippen LogP contribution in [0, 0.1) is 0 Å². The lowest BCUT2D eigenvalue weighted by atomic mass is 9.97. The SMILES string of the molecule is CO[C@H]1CCCC[C@@H]1[S@@](C)=O. The van der Waals surface area contributed by atoms with Crippen molar-refractivity contribution in [3.05, 3.63) is 0 Å². The molecule has 0 aliphatic heterocycles. The van der Waals surface area contributed by atoms with Gasteiger partial charge >= 0.3 is 0 Å². The minimum absolute atomic E-state index is 0.245. The minimum Gasteiger partial charge on any atom is -0.380 e. The van der Waals surface area contributed by atoms with E-state index in [-0.39, 0.29) is 11.4 Å². The Morgan fingerprint density at radius 2 is 2.00 bits per heavy atom. The van der Waals surface area contributed by atoms with Gasteiger partial charge in [-0.05, 0) is 12.8 Å². The van der Waals surface area contributed by atoms with Gasteiger partial charge in [0.25, 0.3) is 0 Å².